The average Bonchev–Trinajstić information content (AvgIpc) is 3.58. The Morgan fingerprint density at radius 3 is 2.19 bits per heavy atom. The number of fused-ring (bicyclic) bond motifs is 2. The number of piperazine rings is 2. The number of benzene rings is 3. The summed E-state index contributed by atoms with van der Waals surface area (Å²) in [7, 11) is -3.11. The molecule has 7 rings (SSSR count). The van der Waals surface area contributed by atoms with Gasteiger partial charge in [0.25, 0.3) is 5.91 Å². The van der Waals surface area contributed by atoms with Crippen molar-refractivity contribution in [1.29, 1.82) is 0 Å². The Morgan fingerprint density at radius 1 is 0.907 bits per heavy atom. The largest absolute Gasteiger partial charge is 0.432 e. The summed E-state index contributed by atoms with van der Waals surface area (Å²) in [5.74, 6) is -1.17. The molecular weight excluding hydrogens is 705 g/mol. The van der Waals surface area contributed by atoms with Gasteiger partial charge in [0.1, 0.15) is 0 Å². The Hall–Kier alpha value is -4.44. The van der Waals surface area contributed by atoms with E-state index in [2.05, 4.69) is 10.6 Å². The van der Waals surface area contributed by atoms with E-state index in [9.17, 15) is 24.3 Å². The van der Waals surface area contributed by atoms with Gasteiger partial charge in [0.15, 0.2) is 13.9 Å². The summed E-state index contributed by atoms with van der Waals surface area (Å²) in [5, 5.41) is 16.1. The van der Waals surface area contributed by atoms with Gasteiger partial charge in [-0.15, -0.1) is 0 Å². The summed E-state index contributed by atoms with van der Waals surface area (Å²) in [5.41, 5.74) is 2.34. The lowest BCUT2D eigenvalue weighted by Gasteiger charge is -2.33. The van der Waals surface area contributed by atoms with Crippen LogP contribution in [0.5, 0.6) is 0 Å². The van der Waals surface area contributed by atoms with E-state index in [4.69, 9.17) is 4.74 Å². The highest BCUT2D eigenvalue weighted by Gasteiger charge is 2.66. The van der Waals surface area contributed by atoms with E-state index in [-0.39, 0.29) is 62.8 Å². The lowest BCUT2D eigenvalue weighted by Crippen LogP contribution is -2.48. The monoisotopic (exact) mass is 754 g/mol. The van der Waals surface area contributed by atoms with Crippen molar-refractivity contribution < 1.29 is 33.8 Å². The highest BCUT2D eigenvalue weighted by atomic mass is 28.4. The van der Waals surface area contributed by atoms with Crippen molar-refractivity contribution in [2.75, 3.05) is 67.1 Å². The van der Waals surface area contributed by atoms with Crippen LogP contribution in [0.3, 0.4) is 0 Å². The normalized spacial score (nSPS) is 24.4. The summed E-state index contributed by atoms with van der Waals surface area (Å²) in [6.45, 7) is 8.76. The topological polar surface area (TPSA) is 155 Å². The van der Waals surface area contributed by atoms with Gasteiger partial charge in [0.05, 0.1) is 44.5 Å². The molecule has 0 aromatic heterocycles. The second-order valence-electron chi connectivity index (χ2n) is 15.3. The predicted molar refractivity (Wildman–Crippen MR) is 207 cm³/mol. The zero-order valence-electron chi connectivity index (χ0n) is 31.2. The van der Waals surface area contributed by atoms with Crippen LogP contribution in [0.1, 0.15) is 30.0 Å². The highest BCUT2D eigenvalue weighted by Crippen LogP contribution is 2.60. The van der Waals surface area contributed by atoms with Gasteiger partial charge < -0.3 is 44.9 Å². The van der Waals surface area contributed by atoms with Crippen LogP contribution in [0, 0.1) is 5.92 Å². The third kappa shape index (κ3) is 7.09. The molecule has 4 amide bonds. The summed E-state index contributed by atoms with van der Waals surface area (Å²) >= 11 is 0. The van der Waals surface area contributed by atoms with E-state index >= 15 is 4.79 Å². The molecule has 0 aliphatic carbocycles. The molecule has 3 aromatic rings. The zero-order chi connectivity index (χ0) is 38.2. The standard InChI is InChI=1S/C40H50N6O7Si/c1-27-38(54(2,3)52)34(22-35(48)43(18-19-47)25-28-8-5-4-6-9-28)53-40(27)32-21-31(45-17-15-42-24-37(45)50)12-13-33(32)46(39(40)51)26-29-10-7-11-30(20-29)44-16-14-41-23-36(44)49/h4-13,20-21,27,34,38,41-42,47,52H,14-19,22-26H2,1-3H3/t27-,34+,38-,40+/m1/s1. The maximum Gasteiger partial charge on any atom is 0.264 e. The van der Waals surface area contributed by atoms with E-state index in [1.54, 1.807) is 19.6 Å². The van der Waals surface area contributed by atoms with Crippen molar-refractivity contribution in [3.05, 3.63) is 89.5 Å². The third-order valence-corrected chi connectivity index (χ3v) is 13.8. The molecule has 54 heavy (non-hydrogen) atoms. The van der Waals surface area contributed by atoms with E-state index in [0.29, 0.717) is 49.7 Å². The molecule has 0 unspecified atom stereocenters. The molecule has 0 radical (unpaired) electrons. The van der Waals surface area contributed by atoms with Crippen LogP contribution >= 0.6 is 0 Å². The number of carbonyl (C=O) groups excluding carboxylic acids is 4. The number of ether oxygens (including phenoxy) is 1. The lowest BCUT2D eigenvalue weighted by molar-refractivity contribution is -0.150. The molecule has 4 aliphatic rings. The Labute approximate surface area is 317 Å². The quantitative estimate of drug-likeness (QED) is 0.216. The number of carbonyl (C=O) groups is 4. The molecular formula is C40H50N6O7Si. The first-order valence-corrected chi connectivity index (χ1v) is 21.8. The van der Waals surface area contributed by atoms with E-state index < -0.39 is 31.5 Å². The summed E-state index contributed by atoms with van der Waals surface area (Å²) in [4.78, 5) is 73.7. The van der Waals surface area contributed by atoms with Crippen molar-refractivity contribution in [1.82, 2.24) is 15.5 Å². The number of nitrogens with zero attached hydrogens (tertiary/aromatic N) is 4. The fraction of sp³-hybridized carbons (Fsp3) is 0.450. The molecule has 0 bridgehead atoms. The molecule has 1 spiro atoms. The molecule has 3 saturated heterocycles. The maximum absolute atomic E-state index is 15.2. The minimum absolute atomic E-state index is 0.0214. The second kappa shape index (κ2) is 15.4. The Morgan fingerprint density at radius 2 is 1.56 bits per heavy atom. The van der Waals surface area contributed by atoms with Crippen LogP contribution in [0.2, 0.25) is 18.6 Å². The van der Waals surface area contributed by atoms with Gasteiger partial charge in [-0.05, 0) is 54.6 Å². The van der Waals surface area contributed by atoms with Crippen molar-refractivity contribution in [3.8, 4) is 0 Å². The summed E-state index contributed by atoms with van der Waals surface area (Å²) in [6, 6.07) is 22.8. The first-order valence-electron chi connectivity index (χ1n) is 18.8. The van der Waals surface area contributed by atoms with Gasteiger partial charge in [-0.3, -0.25) is 19.2 Å². The minimum Gasteiger partial charge on any atom is -0.432 e. The number of anilines is 3. The minimum atomic E-state index is -3.11. The van der Waals surface area contributed by atoms with Gasteiger partial charge in [0.2, 0.25) is 17.7 Å². The number of hydrogen-bond donors (Lipinski definition) is 4. The van der Waals surface area contributed by atoms with Crippen LogP contribution in [-0.4, -0.2) is 105 Å². The molecule has 4 N–H and O–H groups in total. The van der Waals surface area contributed by atoms with Crippen molar-refractivity contribution in [3.63, 3.8) is 0 Å². The SMILES string of the molecule is C[C@@H]1[C@@H]([Si](C)(C)O)[C@H](CC(=O)N(CCO)Cc2ccccc2)O[C@@]12C(=O)N(Cc1cccc(N3CCNCC3=O)c1)c1ccc(N3CCNCC3=O)cc12. The Balaban J connectivity index is 1.27. The molecule has 4 atom stereocenters. The van der Waals surface area contributed by atoms with Crippen LogP contribution in [0.4, 0.5) is 17.1 Å². The van der Waals surface area contributed by atoms with E-state index in [1.807, 2.05) is 92.8 Å². The van der Waals surface area contributed by atoms with Crippen molar-refractivity contribution in [2.45, 2.75) is 56.8 Å². The molecule has 3 fully saturated rings. The molecule has 4 heterocycles. The first kappa shape index (κ1) is 37.9. The van der Waals surface area contributed by atoms with Crippen LogP contribution in [-0.2, 0) is 42.6 Å². The van der Waals surface area contributed by atoms with Gasteiger partial charge in [-0.1, -0.05) is 49.4 Å². The fourth-order valence-electron chi connectivity index (χ4n) is 8.87. The number of nitrogens with one attached hydrogen (secondary N) is 2. The smallest absolute Gasteiger partial charge is 0.264 e. The van der Waals surface area contributed by atoms with Gasteiger partial charge in [-0.2, -0.15) is 0 Å². The van der Waals surface area contributed by atoms with Crippen molar-refractivity contribution in [2.24, 2.45) is 5.92 Å². The molecule has 14 heteroatoms. The molecule has 13 nitrogen and oxygen atoms in total. The van der Waals surface area contributed by atoms with Crippen molar-refractivity contribution >= 4 is 49.0 Å². The Kier molecular flexibility index (Phi) is 10.8. The molecule has 4 aliphatic heterocycles. The fourth-order valence-corrected chi connectivity index (χ4v) is 11.4. The maximum atomic E-state index is 15.2. The second-order valence-corrected chi connectivity index (χ2v) is 19.3. The first-order chi connectivity index (χ1) is 25.9. The highest BCUT2D eigenvalue weighted by molar-refractivity contribution is 6.71. The third-order valence-electron chi connectivity index (χ3n) is 11.3. The number of aliphatic hydroxyl groups is 1. The van der Waals surface area contributed by atoms with Gasteiger partial charge >= 0.3 is 0 Å². The van der Waals surface area contributed by atoms with E-state index in [0.717, 1.165) is 16.8 Å². The molecule has 286 valence electrons. The van der Waals surface area contributed by atoms with Gasteiger partial charge in [-0.25, -0.2) is 0 Å². The molecule has 0 saturated carbocycles. The summed E-state index contributed by atoms with van der Waals surface area (Å²) in [6.07, 6.45) is -0.876. The van der Waals surface area contributed by atoms with Gasteiger partial charge in [0, 0.05) is 67.7 Å². The van der Waals surface area contributed by atoms with Crippen LogP contribution < -0.4 is 25.3 Å². The average molecular weight is 755 g/mol. The van der Waals surface area contributed by atoms with Crippen LogP contribution in [0.15, 0.2) is 72.8 Å². The summed E-state index contributed by atoms with van der Waals surface area (Å²) < 4.78 is 7.02. The lowest BCUT2D eigenvalue weighted by atomic mass is 9.82. The predicted octanol–water partition coefficient (Wildman–Crippen LogP) is 2.31. The number of amides is 4. The van der Waals surface area contributed by atoms with E-state index in [1.165, 1.54) is 0 Å². The number of aliphatic hydroxyl groups excluding tert-OH is 1. The molecule has 3 aromatic carbocycles. The number of rotatable bonds is 11. The zero-order valence-corrected chi connectivity index (χ0v) is 32.2. The number of hydrogen-bond acceptors (Lipinski definition) is 9. The van der Waals surface area contributed by atoms with Crippen LogP contribution in [0.25, 0.3) is 0 Å². The Bertz CT molecular complexity index is 1910.